The standard InChI is InChI=1S/C21H26N2O2/c1-16(2)21-22-19-8-4-5-9-20(19)23(21)14-6-7-15-25-18-12-10-17(24-3)11-13-18/h4-5,8-13,16H,6-7,14-15H2,1-3H3. The van der Waals surface area contributed by atoms with Crippen LogP contribution in [-0.4, -0.2) is 23.3 Å². The van der Waals surface area contributed by atoms with Crippen molar-refractivity contribution in [3.05, 3.63) is 54.4 Å². The summed E-state index contributed by atoms with van der Waals surface area (Å²) in [6.07, 6.45) is 2.08. The van der Waals surface area contributed by atoms with Crippen LogP contribution in [0.4, 0.5) is 0 Å². The summed E-state index contributed by atoms with van der Waals surface area (Å²) in [5.41, 5.74) is 2.31. The Balaban J connectivity index is 1.55. The van der Waals surface area contributed by atoms with E-state index in [1.807, 2.05) is 30.3 Å². The Labute approximate surface area is 149 Å². The average Bonchev–Trinajstić information content (AvgIpc) is 3.01. The van der Waals surface area contributed by atoms with Gasteiger partial charge in [-0.25, -0.2) is 4.98 Å². The zero-order chi connectivity index (χ0) is 17.6. The Bertz CT molecular complexity index is 806. The topological polar surface area (TPSA) is 36.3 Å². The molecule has 25 heavy (non-hydrogen) atoms. The van der Waals surface area contributed by atoms with E-state index in [0.717, 1.165) is 48.8 Å². The van der Waals surface area contributed by atoms with Crippen molar-refractivity contribution in [1.82, 2.24) is 9.55 Å². The number of rotatable bonds is 8. The quantitative estimate of drug-likeness (QED) is 0.541. The number of hydrogen-bond acceptors (Lipinski definition) is 3. The van der Waals surface area contributed by atoms with Crippen molar-refractivity contribution in [3.63, 3.8) is 0 Å². The molecule has 4 heteroatoms. The average molecular weight is 338 g/mol. The second kappa shape index (κ2) is 8.06. The predicted octanol–water partition coefficient (Wildman–Crippen LogP) is 5.03. The Morgan fingerprint density at radius 1 is 0.960 bits per heavy atom. The molecule has 2 aromatic carbocycles. The maximum Gasteiger partial charge on any atom is 0.119 e. The van der Waals surface area contributed by atoms with Gasteiger partial charge in [0.15, 0.2) is 0 Å². The molecule has 0 radical (unpaired) electrons. The minimum Gasteiger partial charge on any atom is -0.497 e. The van der Waals surface area contributed by atoms with Gasteiger partial charge in [0.25, 0.3) is 0 Å². The van der Waals surface area contributed by atoms with Gasteiger partial charge in [0, 0.05) is 12.5 Å². The van der Waals surface area contributed by atoms with E-state index >= 15 is 0 Å². The molecule has 0 fully saturated rings. The summed E-state index contributed by atoms with van der Waals surface area (Å²) in [7, 11) is 1.67. The fourth-order valence-electron chi connectivity index (χ4n) is 3.00. The summed E-state index contributed by atoms with van der Waals surface area (Å²) in [6, 6.07) is 16.1. The molecule has 0 saturated carbocycles. The fraction of sp³-hybridized carbons (Fsp3) is 0.381. The molecule has 3 rings (SSSR count). The zero-order valence-electron chi connectivity index (χ0n) is 15.2. The van der Waals surface area contributed by atoms with Crippen LogP contribution in [0.2, 0.25) is 0 Å². The first-order chi connectivity index (χ1) is 12.2. The van der Waals surface area contributed by atoms with Crippen LogP contribution in [0.3, 0.4) is 0 Å². The molecule has 1 aromatic heterocycles. The molecule has 0 N–H and O–H groups in total. The summed E-state index contributed by atoms with van der Waals surface area (Å²) in [4.78, 5) is 4.79. The number of hydrogen-bond donors (Lipinski definition) is 0. The highest BCUT2D eigenvalue weighted by atomic mass is 16.5. The van der Waals surface area contributed by atoms with Gasteiger partial charge in [-0.3, -0.25) is 0 Å². The van der Waals surface area contributed by atoms with E-state index in [-0.39, 0.29) is 0 Å². The number of para-hydroxylation sites is 2. The van der Waals surface area contributed by atoms with Crippen molar-refractivity contribution in [1.29, 1.82) is 0 Å². The van der Waals surface area contributed by atoms with Gasteiger partial charge in [0.2, 0.25) is 0 Å². The number of imidazole rings is 1. The molecule has 0 aliphatic heterocycles. The normalized spacial score (nSPS) is 11.2. The lowest BCUT2D eigenvalue weighted by Crippen LogP contribution is -2.07. The van der Waals surface area contributed by atoms with Gasteiger partial charge in [-0.05, 0) is 49.2 Å². The lowest BCUT2D eigenvalue weighted by Gasteiger charge is -2.12. The maximum absolute atomic E-state index is 5.81. The lowest BCUT2D eigenvalue weighted by atomic mass is 10.2. The Morgan fingerprint density at radius 3 is 2.40 bits per heavy atom. The van der Waals surface area contributed by atoms with Gasteiger partial charge >= 0.3 is 0 Å². The third-order valence-electron chi connectivity index (χ3n) is 4.30. The number of benzene rings is 2. The lowest BCUT2D eigenvalue weighted by molar-refractivity contribution is 0.302. The molecular formula is C21H26N2O2. The van der Waals surface area contributed by atoms with Crippen LogP contribution in [0.1, 0.15) is 38.4 Å². The van der Waals surface area contributed by atoms with E-state index in [4.69, 9.17) is 14.5 Å². The van der Waals surface area contributed by atoms with E-state index < -0.39 is 0 Å². The highest BCUT2D eigenvalue weighted by Gasteiger charge is 2.12. The molecule has 1 heterocycles. The van der Waals surface area contributed by atoms with E-state index in [2.05, 4.69) is 36.6 Å². The predicted molar refractivity (Wildman–Crippen MR) is 102 cm³/mol. The molecule has 0 amide bonds. The molecule has 0 spiro atoms. The van der Waals surface area contributed by atoms with Crippen LogP contribution < -0.4 is 9.47 Å². The Hall–Kier alpha value is -2.49. The van der Waals surface area contributed by atoms with Crippen LogP contribution in [0, 0.1) is 0 Å². The van der Waals surface area contributed by atoms with E-state index in [1.54, 1.807) is 7.11 Å². The van der Waals surface area contributed by atoms with Crippen LogP contribution >= 0.6 is 0 Å². The first-order valence-corrected chi connectivity index (χ1v) is 8.91. The Kier molecular flexibility index (Phi) is 5.59. The summed E-state index contributed by atoms with van der Waals surface area (Å²) >= 11 is 0. The highest BCUT2D eigenvalue weighted by Crippen LogP contribution is 2.22. The van der Waals surface area contributed by atoms with E-state index in [9.17, 15) is 0 Å². The summed E-state index contributed by atoms with van der Waals surface area (Å²) in [5, 5.41) is 0. The summed E-state index contributed by atoms with van der Waals surface area (Å²) < 4.78 is 13.3. The number of fused-ring (bicyclic) bond motifs is 1. The smallest absolute Gasteiger partial charge is 0.119 e. The van der Waals surface area contributed by atoms with Gasteiger partial charge in [0.05, 0.1) is 24.8 Å². The van der Waals surface area contributed by atoms with Gasteiger partial charge in [0.1, 0.15) is 17.3 Å². The molecule has 0 aliphatic carbocycles. The molecule has 3 aromatic rings. The Morgan fingerprint density at radius 2 is 1.68 bits per heavy atom. The van der Waals surface area contributed by atoms with Crippen LogP contribution in [-0.2, 0) is 6.54 Å². The van der Waals surface area contributed by atoms with Gasteiger partial charge in [-0.2, -0.15) is 0 Å². The first-order valence-electron chi connectivity index (χ1n) is 8.91. The SMILES string of the molecule is COc1ccc(OCCCCn2c(C(C)C)nc3ccccc32)cc1. The van der Waals surface area contributed by atoms with Crippen LogP contribution in [0.15, 0.2) is 48.5 Å². The van der Waals surface area contributed by atoms with Crippen molar-refractivity contribution < 1.29 is 9.47 Å². The number of nitrogens with zero attached hydrogens (tertiary/aromatic N) is 2. The molecule has 0 aliphatic rings. The van der Waals surface area contributed by atoms with Crippen molar-refractivity contribution >= 4 is 11.0 Å². The minimum atomic E-state index is 0.419. The number of aromatic nitrogens is 2. The molecule has 0 atom stereocenters. The first kappa shape index (κ1) is 17.3. The third kappa shape index (κ3) is 4.13. The molecule has 0 bridgehead atoms. The number of methoxy groups -OCH3 is 1. The van der Waals surface area contributed by atoms with Crippen LogP contribution in [0.5, 0.6) is 11.5 Å². The van der Waals surface area contributed by atoms with Crippen molar-refractivity contribution in [2.75, 3.05) is 13.7 Å². The minimum absolute atomic E-state index is 0.419. The van der Waals surface area contributed by atoms with Gasteiger partial charge in [-0.1, -0.05) is 26.0 Å². The summed E-state index contributed by atoms with van der Waals surface area (Å²) in [6.45, 7) is 6.09. The van der Waals surface area contributed by atoms with Crippen molar-refractivity contribution in [2.24, 2.45) is 0 Å². The molecule has 132 valence electrons. The molecule has 0 saturated heterocycles. The largest absolute Gasteiger partial charge is 0.497 e. The fourth-order valence-corrected chi connectivity index (χ4v) is 3.00. The van der Waals surface area contributed by atoms with E-state index in [0.29, 0.717) is 5.92 Å². The number of aryl methyl sites for hydroxylation is 1. The molecular weight excluding hydrogens is 312 g/mol. The van der Waals surface area contributed by atoms with Crippen molar-refractivity contribution in [3.8, 4) is 11.5 Å². The van der Waals surface area contributed by atoms with Gasteiger partial charge < -0.3 is 14.0 Å². The van der Waals surface area contributed by atoms with Crippen molar-refractivity contribution in [2.45, 2.75) is 39.2 Å². The zero-order valence-corrected chi connectivity index (χ0v) is 15.2. The monoisotopic (exact) mass is 338 g/mol. The van der Waals surface area contributed by atoms with Gasteiger partial charge in [-0.15, -0.1) is 0 Å². The second-order valence-corrected chi connectivity index (χ2v) is 6.50. The maximum atomic E-state index is 5.81. The molecule has 0 unspecified atom stereocenters. The van der Waals surface area contributed by atoms with E-state index in [1.165, 1.54) is 5.52 Å². The van der Waals surface area contributed by atoms with Crippen LogP contribution in [0.25, 0.3) is 11.0 Å². The summed E-state index contributed by atoms with van der Waals surface area (Å²) in [5.74, 6) is 3.32. The number of unbranched alkanes of at least 4 members (excludes halogenated alkanes) is 1. The molecule has 4 nitrogen and oxygen atoms in total. The highest BCUT2D eigenvalue weighted by molar-refractivity contribution is 5.76. The second-order valence-electron chi connectivity index (χ2n) is 6.50. The third-order valence-corrected chi connectivity index (χ3v) is 4.30. The number of ether oxygens (including phenoxy) is 2.